The predicted molar refractivity (Wildman–Crippen MR) is 74.6 cm³/mol. The maximum atomic E-state index is 12.0. The van der Waals surface area contributed by atoms with Gasteiger partial charge in [0.05, 0.1) is 11.6 Å². The van der Waals surface area contributed by atoms with Crippen molar-refractivity contribution in [2.75, 3.05) is 5.32 Å². The number of hydrogen-bond donors (Lipinski definition) is 2. The highest BCUT2D eigenvalue weighted by molar-refractivity contribution is 7.16. The lowest BCUT2D eigenvalue weighted by Crippen LogP contribution is -2.40. The number of nitriles is 1. The SMILES string of the molecule is CCC(C)[C@H](N)C(=O)Nc1sc(C)c(C)c1C#N. The van der Waals surface area contributed by atoms with Gasteiger partial charge in [0.15, 0.2) is 0 Å². The van der Waals surface area contributed by atoms with Gasteiger partial charge < -0.3 is 11.1 Å². The standard InChI is InChI=1S/C13H19N3OS/c1-5-7(2)11(15)12(17)16-13-10(6-14)8(3)9(4)18-13/h7,11H,5,15H2,1-4H3,(H,16,17)/t7?,11-/m0/s1. The van der Waals surface area contributed by atoms with Gasteiger partial charge in [0, 0.05) is 4.88 Å². The lowest BCUT2D eigenvalue weighted by atomic mass is 9.99. The van der Waals surface area contributed by atoms with Crippen molar-refractivity contribution in [3.63, 3.8) is 0 Å². The molecule has 0 radical (unpaired) electrons. The maximum Gasteiger partial charge on any atom is 0.242 e. The van der Waals surface area contributed by atoms with E-state index in [-0.39, 0.29) is 11.8 Å². The van der Waals surface area contributed by atoms with Crippen molar-refractivity contribution in [2.45, 2.75) is 40.2 Å². The quantitative estimate of drug-likeness (QED) is 0.878. The molecule has 2 atom stereocenters. The zero-order chi connectivity index (χ0) is 13.9. The first-order valence-electron chi connectivity index (χ1n) is 5.98. The third-order valence-corrected chi connectivity index (χ3v) is 4.42. The minimum atomic E-state index is -0.538. The van der Waals surface area contributed by atoms with Crippen LogP contribution < -0.4 is 11.1 Å². The Morgan fingerprint density at radius 2 is 2.17 bits per heavy atom. The van der Waals surface area contributed by atoms with Gasteiger partial charge in [-0.3, -0.25) is 4.79 Å². The molecule has 0 aliphatic heterocycles. The van der Waals surface area contributed by atoms with Gasteiger partial charge in [-0.1, -0.05) is 20.3 Å². The van der Waals surface area contributed by atoms with E-state index in [1.165, 1.54) is 11.3 Å². The van der Waals surface area contributed by atoms with Crippen molar-refractivity contribution in [3.05, 3.63) is 16.0 Å². The third kappa shape index (κ3) is 2.89. The van der Waals surface area contributed by atoms with Gasteiger partial charge in [-0.25, -0.2) is 0 Å². The molecule has 3 N–H and O–H groups in total. The molecule has 98 valence electrons. The summed E-state index contributed by atoms with van der Waals surface area (Å²) in [4.78, 5) is 13.0. The molecule has 5 heteroatoms. The Labute approximate surface area is 112 Å². The molecule has 0 fully saturated rings. The molecule has 18 heavy (non-hydrogen) atoms. The zero-order valence-electron chi connectivity index (χ0n) is 11.2. The molecule has 4 nitrogen and oxygen atoms in total. The number of nitrogens with one attached hydrogen (secondary N) is 1. The fourth-order valence-electron chi connectivity index (χ4n) is 1.56. The molecule has 1 aromatic rings. The molecule has 0 aliphatic carbocycles. The van der Waals surface area contributed by atoms with Crippen LogP contribution in [0, 0.1) is 31.1 Å². The molecule has 0 aromatic carbocycles. The second-order valence-corrected chi connectivity index (χ2v) is 5.72. The fraction of sp³-hybridized carbons (Fsp3) is 0.538. The van der Waals surface area contributed by atoms with Crippen LogP contribution in [0.4, 0.5) is 5.00 Å². The second kappa shape index (κ2) is 5.98. The topological polar surface area (TPSA) is 78.9 Å². The average molecular weight is 265 g/mol. The number of aryl methyl sites for hydroxylation is 1. The summed E-state index contributed by atoms with van der Waals surface area (Å²) in [5.74, 6) is -0.0974. The largest absolute Gasteiger partial charge is 0.320 e. The number of carbonyl (C=O) groups is 1. The molecule has 0 aliphatic rings. The summed E-state index contributed by atoms with van der Waals surface area (Å²) in [6.45, 7) is 7.76. The maximum absolute atomic E-state index is 12.0. The highest BCUT2D eigenvalue weighted by Gasteiger charge is 2.22. The molecular weight excluding hydrogens is 246 g/mol. The van der Waals surface area contributed by atoms with Gasteiger partial charge in [-0.05, 0) is 25.3 Å². The molecule has 1 rings (SSSR count). The monoisotopic (exact) mass is 265 g/mol. The number of nitrogens with zero attached hydrogens (tertiary/aromatic N) is 1. The number of nitrogens with two attached hydrogens (primary N) is 1. The van der Waals surface area contributed by atoms with E-state index in [1.54, 1.807) is 0 Å². The van der Waals surface area contributed by atoms with E-state index < -0.39 is 6.04 Å². The molecule has 1 amide bonds. The summed E-state index contributed by atoms with van der Waals surface area (Å²) in [6, 6.07) is 1.59. The Kier molecular flexibility index (Phi) is 4.88. The van der Waals surface area contributed by atoms with E-state index in [0.29, 0.717) is 10.6 Å². The minimum absolute atomic E-state index is 0.123. The molecule has 0 bridgehead atoms. The van der Waals surface area contributed by atoms with Gasteiger partial charge in [0.1, 0.15) is 11.1 Å². The van der Waals surface area contributed by atoms with Crippen LogP contribution in [0.25, 0.3) is 0 Å². The van der Waals surface area contributed by atoms with Crippen LogP contribution in [0.2, 0.25) is 0 Å². The Morgan fingerprint density at radius 3 is 2.67 bits per heavy atom. The van der Waals surface area contributed by atoms with Crippen LogP contribution in [0.5, 0.6) is 0 Å². The summed E-state index contributed by atoms with van der Waals surface area (Å²) in [5, 5.41) is 12.5. The summed E-state index contributed by atoms with van der Waals surface area (Å²) in [6.07, 6.45) is 0.849. The van der Waals surface area contributed by atoms with E-state index in [2.05, 4.69) is 11.4 Å². The first kappa shape index (κ1) is 14.7. The number of amides is 1. The lowest BCUT2D eigenvalue weighted by Gasteiger charge is -2.17. The first-order valence-corrected chi connectivity index (χ1v) is 6.80. The van der Waals surface area contributed by atoms with Crippen molar-refractivity contribution < 1.29 is 4.79 Å². The average Bonchev–Trinajstić information content (AvgIpc) is 2.62. The highest BCUT2D eigenvalue weighted by atomic mass is 32.1. The lowest BCUT2D eigenvalue weighted by molar-refractivity contribution is -0.118. The Hall–Kier alpha value is -1.38. The van der Waals surface area contributed by atoms with E-state index >= 15 is 0 Å². The molecule has 0 saturated heterocycles. The highest BCUT2D eigenvalue weighted by Crippen LogP contribution is 2.31. The van der Waals surface area contributed by atoms with E-state index in [4.69, 9.17) is 11.0 Å². The molecular formula is C13H19N3OS. The molecule has 0 saturated carbocycles. The molecule has 0 spiro atoms. The van der Waals surface area contributed by atoms with Crippen LogP contribution in [0.3, 0.4) is 0 Å². The minimum Gasteiger partial charge on any atom is -0.320 e. The van der Waals surface area contributed by atoms with Crippen molar-refractivity contribution in [1.82, 2.24) is 0 Å². The summed E-state index contributed by atoms with van der Waals surface area (Å²) in [7, 11) is 0. The van der Waals surface area contributed by atoms with Crippen molar-refractivity contribution >= 4 is 22.2 Å². The van der Waals surface area contributed by atoms with Gasteiger partial charge in [0.25, 0.3) is 0 Å². The van der Waals surface area contributed by atoms with Crippen LogP contribution in [0.15, 0.2) is 0 Å². The van der Waals surface area contributed by atoms with Crippen LogP contribution in [-0.4, -0.2) is 11.9 Å². The van der Waals surface area contributed by atoms with Gasteiger partial charge in [0.2, 0.25) is 5.91 Å². The van der Waals surface area contributed by atoms with Gasteiger partial charge >= 0.3 is 0 Å². The van der Waals surface area contributed by atoms with Crippen LogP contribution in [-0.2, 0) is 4.79 Å². The van der Waals surface area contributed by atoms with Crippen LogP contribution >= 0.6 is 11.3 Å². The Morgan fingerprint density at radius 1 is 1.56 bits per heavy atom. The van der Waals surface area contributed by atoms with Crippen LogP contribution in [0.1, 0.15) is 36.3 Å². The fourth-order valence-corrected chi connectivity index (χ4v) is 2.57. The zero-order valence-corrected chi connectivity index (χ0v) is 12.0. The first-order chi connectivity index (χ1) is 8.42. The van der Waals surface area contributed by atoms with Crippen molar-refractivity contribution in [2.24, 2.45) is 11.7 Å². The number of thiophene rings is 1. The summed E-state index contributed by atoms with van der Waals surface area (Å²) < 4.78 is 0. The normalized spacial score (nSPS) is 13.8. The predicted octanol–water partition coefficient (Wildman–Crippen LogP) is 2.55. The number of carbonyl (C=O) groups excluding carboxylic acids is 1. The van der Waals surface area contributed by atoms with E-state index in [9.17, 15) is 4.79 Å². The number of anilines is 1. The van der Waals surface area contributed by atoms with Crippen molar-refractivity contribution in [1.29, 1.82) is 5.26 Å². The van der Waals surface area contributed by atoms with Crippen molar-refractivity contribution in [3.8, 4) is 6.07 Å². The molecule has 1 aromatic heterocycles. The van der Waals surface area contributed by atoms with Gasteiger partial charge in [-0.2, -0.15) is 5.26 Å². The van der Waals surface area contributed by atoms with Gasteiger partial charge in [-0.15, -0.1) is 11.3 Å². The summed E-state index contributed by atoms with van der Waals surface area (Å²) >= 11 is 1.42. The Bertz CT molecular complexity index is 487. The summed E-state index contributed by atoms with van der Waals surface area (Å²) in [5.41, 5.74) is 7.33. The number of rotatable bonds is 4. The molecule has 1 unspecified atom stereocenters. The molecule has 1 heterocycles. The number of hydrogen-bond acceptors (Lipinski definition) is 4. The van der Waals surface area contributed by atoms with E-state index in [0.717, 1.165) is 16.9 Å². The Balaban J connectivity index is 2.89. The third-order valence-electron chi connectivity index (χ3n) is 3.29. The smallest absolute Gasteiger partial charge is 0.242 e. The van der Waals surface area contributed by atoms with E-state index in [1.807, 2.05) is 27.7 Å². The second-order valence-electron chi connectivity index (χ2n) is 4.50.